The van der Waals surface area contributed by atoms with Gasteiger partial charge in [0.2, 0.25) is 0 Å². The summed E-state index contributed by atoms with van der Waals surface area (Å²) in [4.78, 5) is 11.7. The Morgan fingerprint density at radius 1 is 1.13 bits per heavy atom. The summed E-state index contributed by atoms with van der Waals surface area (Å²) in [6.45, 7) is 6.30. The monoisotopic (exact) mass is 310 g/mol. The molecule has 1 aliphatic rings. The fraction of sp³-hybridized carbons (Fsp3) is 0.350. The van der Waals surface area contributed by atoms with Crippen LogP contribution in [0.4, 0.5) is 0 Å². The van der Waals surface area contributed by atoms with Gasteiger partial charge < -0.3 is 10.2 Å². The predicted octanol–water partition coefficient (Wildman–Crippen LogP) is 4.47. The standard InChI is InChI=1S/C20H22O3/c1-12-4-6-13(7-5-12)17-14(19(22)23)8-9-15-18(17)16(21)10-11-20(15,2)3/h4-9,16,21H,10-11H2,1-3H3,(H,22,23). The summed E-state index contributed by atoms with van der Waals surface area (Å²) in [5, 5.41) is 20.2. The van der Waals surface area contributed by atoms with Crippen LogP contribution in [0.5, 0.6) is 0 Å². The van der Waals surface area contributed by atoms with Gasteiger partial charge in [-0.2, -0.15) is 0 Å². The average molecular weight is 310 g/mol. The predicted molar refractivity (Wildman–Crippen MR) is 90.8 cm³/mol. The van der Waals surface area contributed by atoms with Crippen molar-refractivity contribution < 1.29 is 15.0 Å². The van der Waals surface area contributed by atoms with E-state index in [-0.39, 0.29) is 11.0 Å². The third-order valence-corrected chi connectivity index (χ3v) is 4.92. The Labute approximate surface area is 136 Å². The van der Waals surface area contributed by atoms with Crippen LogP contribution < -0.4 is 0 Å². The van der Waals surface area contributed by atoms with Gasteiger partial charge in [-0.25, -0.2) is 4.79 Å². The molecule has 2 aromatic carbocycles. The largest absolute Gasteiger partial charge is 0.478 e. The Kier molecular flexibility index (Phi) is 3.77. The van der Waals surface area contributed by atoms with E-state index in [9.17, 15) is 15.0 Å². The Morgan fingerprint density at radius 3 is 2.39 bits per heavy atom. The molecule has 1 atom stereocenters. The smallest absolute Gasteiger partial charge is 0.336 e. The first-order valence-corrected chi connectivity index (χ1v) is 7.97. The van der Waals surface area contributed by atoms with Crippen LogP contribution in [0.15, 0.2) is 36.4 Å². The maximum Gasteiger partial charge on any atom is 0.336 e. The lowest BCUT2D eigenvalue weighted by atomic mass is 9.69. The van der Waals surface area contributed by atoms with Gasteiger partial charge in [-0.05, 0) is 47.9 Å². The fourth-order valence-corrected chi connectivity index (χ4v) is 3.54. The zero-order valence-corrected chi connectivity index (χ0v) is 13.8. The Balaban J connectivity index is 2.35. The van der Waals surface area contributed by atoms with Gasteiger partial charge in [0.1, 0.15) is 0 Å². The van der Waals surface area contributed by atoms with Crippen LogP contribution in [-0.4, -0.2) is 16.2 Å². The Hall–Kier alpha value is -2.13. The molecule has 2 aromatic rings. The lowest BCUT2D eigenvalue weighted by Gasteiger charge is -2.37. The molecule has 0 heterocycles. The molecule has 1 aliphatic carbocycles. The molecule has 0 bridgehead atoms. The summed E-state index contributed by atoms with van der Waals surface area (Å²) in [7, 11) is 0. The second kappa shape index (κ2) is 5.50. The molecule has 0 amide bonds. The van der Waals surface area contributed by atoms with Gasteiger partial charge in [-0.1, -0.05) is 49.7 Å². The highest BCUT2D eigenvalue weighted by atomic mass is 16.4. The number of carboxylic acid groups (broad SMARTS) is 1. The number of aliphatic hydroxyl groups excluding tert-OH is 1. The fourth-order valence-electron chi connectivity index (χ4n) is 3.54. The Bertz CT molecular complexity index is 757. The zero-order valence-electron chi connectivity index (χ0n) is 13.8. The molecule has 3 rings (SSSR count). The molecule has 2 N–H and O–H groups in total. The topological polar surface area (TPSA) is 57.5 Å². The van der Waals surface area contributed by atoms with Crippen LogP contribution in [0, 0.1) is 6.92 Å². The first-order valence-electron chi connectivity index (χ1n) is 7.97. The molecule has 0 spiro atoms. The highest BCUT2D eigenvalue weighted by Gasteiger charge is 2.35. The highest BCUT2D eigenvalue weighted by molar-refractivity contribution is 5.97. The molecule has 3 heteroatoms. The number of rotatable bonds is 2. The second-order valence-corrected chi connectivity index (χ2v) is 7.06. The van der Waals surface area contributed by atoms with Gasteiger partial charge in [-0.15, -0.1) is 0 Å². The lowest BCUT2D eigenvalue weighted by molar-refractivity contribution is 0.0697. The molecule has 0 aromatic heterocycles. The summed E-state index contributed by atoms with van der Waals surface area (Å²) in [6.07, 6.45) is 0.927. The molecular weight excluding hydrogens is 288 g/mol. The number of carbonyl (C=O) groups is 1. The number of benzene rings is 2. The van der Waals surface area contributed by atoms with Gasteiger partial charge in [0.05, 0.1) is 11.7 Å². The normalized spacial score (nSPS) is 19.2. The van der Waals surface area contributed by atoms with E-state index in [1.165, 1.54) is 0 Å². The van der Waals surface area contributed by atoms with E-state index < -0.39 is 12.1 Å². The van der Waals surface area contributed by atoms with Gasteiger partial charge in [0.25, 0.3) is 0 Å². The number of aliphatic hydroxyl groups is 1. The summed E-state index contributed by atoms with van der Waals surface area (Å²) < 4.78 is 0. The molecule has 0 saturated carbocycles. The van der Waals surface area contributed by atoms with E-state index in [1.807, 2.05) is 37.3 Å². The summed E-state index contributed by atoms with van der Waals surface area (Å²) >= 11 is 0. The third kappa shape index (κ3) is 2.66. The SMILES string of the molecule is Cc1ccc(-c2c(C(=O)O)ccc3c2C(O)CCC3(C)C)cc1. The number of aryl methyl sites for hydroxylation is 1. The lowest BCUT2D eigenvalue weighted by Crippen LogP contribution is -2.27. The van der Waals surface area contributed by atoms with E-state index in [2.05, 4.69) is 13.8 Å². The van der Waals surface area contributed by atoms with Crippen LogP contribution >= 0.6 is 0 Å². The van der Waals surface area contributed by atoms with Crippen molar-refractivity contribution in [2.45, 2.75) is 45.1 Å². The minimum absolute atomic E-state index is 0.0644. The minimum atomic E-state index is -0.959. The highest BCUT2D eigenvalue weighted by Crippen LogP contribution is 2.46. The van der Waals surface area contributed by atoms with Crippen LogP contribution in [-0.2, 0) is 5.41 Å². The van der Waals surface area contributed by atoms with E-state index in [4.69, 9.17) is 0 Å². The first kappa shape index (κ1) is 15.8. The van der Waals surface area contributed by atoms with Gasteiger partial charge in [-0.3, -0.25) is 0 Å². The van der Waals surface area contributed by atoms with Crippen molar-refractivity contribution in [3.63, 3.8) is 0 Å². The second-order valence-electron chi connectivity index (χ2n) is 7.06. The quantitative estimate of drug-likeness (QED) is 0.860. The van der Waals surface area contributed by atoms with E-state index >= 15 is 0 Å². The molecular formula is C20H22O3. The van der Waals surface area contributed by atoms with Crippen molar-refractivity contribution >= 4 is 5.97 Å². The van der Waals surface area contributed by atoms with Crippen LogP contribution in [0.2, 0.25) is 0 Å². The van der Waals surface area contributed by atoms with Crippen LogP contribution in [0.25, 0.3) is 11.1 Å². The number of carboxylic acids is 1. The molecule has 3 nitrogen and oxygen atoms in total. The van der Waals surface area contributed by atoms with Crippen molar-refractivity contribution in [1.82, 2.24) is 0 Å². The van der Waals surface area contributed by atoms with Crippen molar-refractivity contribution in [2.24, 2.45) is 0 Å². The van der Waals surface area contributed by atoms with Crippen LogP contribution in [0.1, 0.15) is 59.8 Å². The zero-order chi connectivity index (χ0) is 16.8. The van der Waals surface area contributed by atoms with Crippen LogP contribution in [0.3, 0.4) is 0 Å². The minimum Gasteiger partial charge on any atom is -0.478 e. The van der Waals surface area contributed by atoms with Gasteiger partial charge >= 0.3 is 5.97 Å². The molecule has 0 radical (unpaired) electrons. The van der Waals surface area contributed by atoms with Crippen molar-refractivity contribution in [1.29, 1.82) is 0 Å². The third-order valence-electron chi connectivity index (χ3n) is 4.92. The number of hydrogen-bond donors (Lipinski definition) is 2. The maximum absolute atomic E-state index is 11.7. The van der Waals surface area contributed by atoms with Gasteiger partial charge in [0, 0.05) is 5.56 Å². The molecule has 0 saturated heterocycles. The molecule has 1 unspecified atom stereocenters. The maximum atomic E-state index is 11.7. The Morgan fingerprint density at radius 2 is 1.78 bits per heavy atom. The summed E-state index contributed by atoms with van der Waals surface area (Å²) in [6, 6.07) is 11.4. The summed E-state index contributed by atoms with van der Waals surface area (Å²) in [5.74, 6) is -0.959. The van der Waals surface area contributed by atoms with E-state index in [1.54, 1.807) is 6.07 Å². The van der Waals surface area contributed by atoms with Gasteiger partial charge in [0.15, 0.2) is 0 Å². The number of hydrogen-bond acceptors (Lipinski definition) is 2. The van der Waals surface area contributed by atoms with Crippen molar-refractivity contribution in [3.05, 3.63) is 58.7 Å². The molecule has 0 fully saturated rings. The molecule has 120 valence electrons. The van der Waals surface area contributed by atoms with E-state index in [0.717, 1.165) is 28.7 Å². The molecule has 0 aliphatic heterocycles. The number of aromatic carboxylic acids is 1. The van der Waals surface area contributed by atoms with Crippen molar-refractivity contribution in [2.75, 3.05) is 0 Å². The summed E-state index contributed by atoms with van der Waals surface area (Å²) in [5.41, 5.74) is 4.66. The molecule has 23 heavy (non-hydrogen) atoms. The average Bonchev–Trinajstić information content (AvgIpc) is 2.51. The first-order chi connectivity index (χ1) is 10.8. The van der Waals surface area contributed by atoms with E-state index in [0.29, 0.717) is 12.0 Å². The van der Waals surface area contributed by atoms with Crippen molar-refractivity contribution in [3.8, 4) is 11.1 Å². The number of fused-ring (bicyclic) bond motifs is 1.